The zero-order valence-electron chi connectivity index (χ0n) is 19.9. The Kier molecular flexibility index (Phi) is 5.56. The number of nitrogens with zero attached hydrogens (tertiary/aromatic N) is 3. The number of carbonyl (C=O) groups is 2. The van der Waals surface area contributed by atoms with Crippen molar-refractivity contribution in [3.63, 3.8) is 0 Å². The smallest absolute Gasteiger partial charge is 0.258 e. The summed E-state index contributed by atoms with van der Waals surface area (Å²) in [6.07, 6.45) is 5.01. The molecule has 1 unspecified atom stereocenters. The summed E-state index contributed by atoms with van der Waals surface area (Å²) in [5, 5.41) is 6.65. The van der Waals surface area contributed by atoms with E-state index in [1.165, 1.54) is 30.3 Å². The van der Waals surface area contributed by atoms with Gasteiger partial charge in [-0.1, -0.05) is 0 Å². The fourth-order valence-corrected chi connectivity index (χ4v) is 4.92. The number of carbonyl (C=O) groups excluding carboxylic acids is 2. The van der Waals surface area contributed by atoms with Crippen LogP contribution in [0, 0.1) is 5.82 Å². The summed E-state index contributed by atoms with van der Waals surface area (Å²) in [4.78, 5) is 40.0. The standard InChI is InChI=1S/C27H23FN6O3/c1-29-26(35)24-12-19-18-10-15(28)2-4-20(18)33-23(19)14-34(24)27(36)17-6-9-37-25(17)13-32-16-3-5-21-22(11-16)31-8-7-30-21/h2-11,24,32-33H,12-14H2,1H3,(H,29,35). The molecule has 0 aliphatic carbocycles. The molecule has 0 saturated heterocycles. The summed E-state index contributed by atoms with van der Waals surface area (Å²) in [6.45, 7) is 0.444. The summed E-state index contributed by atoms with van der Waals surface area (Å²) in [5.41, 5.74) is 5.11. The number of nitrogens with one attached hydrogen (secondary N) is 3. The zero-order valence-corrected chi connectivity index (χ0v) is 19.9. The van der Waals surface area contributed by atoms with E-state index in [0.29, 0.717) is 11.3 Å². The molecule has 2 amide bonds. The SMILES string of the molecule is CNC(=O)C1Cc2c([nH]c3ccc(F)cc23)CN1C(=O)c1ccoc1CNc1ccc2nccnc2c1. The van der Waals surface area contributed by atoms with Crippen molar-refractivity contribution in [3.8, 4) is 0 Å². The first-order chi connectivity index (χ1) is 18.0. The molecule has 10 heteroatoms. The van der Waals surface area contributed by atoms with Gasteiger partial charge in [-0.15, -0.1) is 0 Å². The molecule has 3 N–H and O–H groups in total. The molecule has 1 aliphatic heterocycles. The van der Waals surface area contributed by atoms with Gasteiger partial charge in [0.05, 0.1) is 35.9 Å². The van der Waals surface area contributed by atoms with Crippen LogP contribution in [0.3, 0.4) is 0 Å². The van der Waals surface area contributed by atoms with E-state index in [2.05, 4.69) is 25.6 Å². The van der Waals surface area contributed by atoms with E-state index >= 15 is 0 Å². The van der Waals surface area contributed by atoms with Crippen LogP contribution in [0.5, 0.6) is 0 Å². The number of fused-ring (bicyclic) bond motifs is 4. The van der Waals surface area contributed by atoms with Gasteiger partial charge >= 0.3 is 0 Å². The minimum atomic E-state index is -0.748. The van der Waals surface area contributed by atoms with Gasteiger partial charge in [-0.05, 0) is 48.0 Å². The predicted octanol–water partition coefficient (Wildman–Crippen LogP) is 3.77. The molecule has 0 radical (unpaired) electrons. The molecule has 2 aromatic carbocycles. The summed E-state index contributed by atoms with van der Waals surface area (Å²) < 4.78 is 19.6. The lowest BCUT2D eigenvalue weighted by Crippen LogP contribution is -2.52. The summed E-state index contributed by atoms with van der Waals surface area (Å²) in [7, 11) is 1.54. The zero-order chi connectivity index (χ0) is 25.5. The van der Waals surface area contributed by atoms with Gasteiger partial charge in [-0.3, -0.25) is 19.6 Å². The molecule has 3 aromatic heterocycles. The van der Waals surface area contributed by atoms with Crippen molar-refractivity contribution >= 4 is 39.4 Å². The maximum Gasteiger partial charge on any atom is 0.258 e. The summed E-state index contributed by atoms with van der Waals surface area (Å²) in [5.74, 6) is -0.507. The van der Waals surface area contributed by atoms with Crippen molar-refractivity contribution in [3.05, 3.63) is 89.5 Å². The van der Waals surface area contributed by atoms with Crippen LogP contribution in [0.4, 0.5) is 10.1 Å². The van der Waals surface area contributed by atoms with Gasteiger partial charge in [-0.25, -0.2) is 4.39 Å². The Balaban J connectivity index is 1.27. The number of H-pyrrole nitrogens is 1. The van der Waals surface area contributed by atoms with E-state index in [4.69, 9.17) is 4.42 Å². The molecule has 1 atom stereocenters. The summed E-state index contributed by atoms with van der Waals surface area (Å²) in [6, 6.07) is 11.0. The number of aromatic amines is 1. The number of hydrogen-bond donors (Lipinski definition) is 3. The fraction of sp³-hybridized carbons (Fsp3) is 0.185. The quantitative estimate of drug-likeness (QED) is 0.340. The molecule has 0 fully saturated rings. The van der Waals surface area contributed by atoms with Gasteiger partial charge in [0, 0.05) is 48.1 Å². The molecular formula is C27H23FN6O3. The number of aromatic nitrogens is 3. The topological polar surface area (TPSA) is 116 Å². The highest BCUT2D eigenvalue weighted by molar-refractivity contribution is 5.99. The van der Waals surface area contributed by atoms with E-state index in [0.717, 1.165) is 38.9 Å². The first-order valence-corrected chi connectivity index (χ1v) is 11.8. The lowest BCUT2D eigenvalue weighted by atomic mass is 9.95. The van der Waals surface area contributed by atoms with E-state index in [-0.39, 0.29) is 37.1 Å². The van der Waals surface area contributed by atoms with Crippen molar-refractivity contribution in [2.75, 3.05) is 12.4 Å². The second-order valence-electron chi connectivity index (χ2n) is 8.91. The third kappa shape index (κ3) is 4.06. The molecule has 37 heavy (non-hydrogen) atoms. The van der Waals surface area contributed by atoms with Gasteiger partial charge in [0.2, 0.25) is 5.91 Å². The number of halogens is 1. The first-order valence-electron chi connectivity index (χ1n) is 11.8. The minimum Gasteiger partial charge on any atom is -0.467 e. The molecule has 0 saturated carbocycles. The number of benzene rings is 2. The molecule has 186 valence electrons. The average Bonchev–Trinajstić information content (AvgIpc) is 3.54. The number of furan rings is 1. The van der Waals surface area contributed by atoms with E-state index in [1.807, 2.05) is 18.2 Å². The van der Waals surface area contributed by atoms with Gasteiger partial charge in [0.25, 0.3) is 5.91 Å². The Morgan fingerprint density at radius 2 is 1.97 bits per heavy atom. The lowest BCUT2D eigenvalue weighted by molar-refractivity contribution is -0.125. The Bertz CT molecular complexity index is 1660. The monoisotopic (exact) mass is 498 g/mol. The fourth-order valence-electron chi connectivity index (χ4n) is 4.92. The maximum absolute atomic E-state index is 13.9. The molecule has 0 spiro atoms. The second kappa shape index (κ2) is 9.05. The maximum atomic E-state index is 13.9. The number of rotatable bonds is 5. The van der Waals surface area contributed by atoms with Crippen LogP contribution < -0.4 is 10.6 Å². The van der Waals surface area contributed by atoms with Crippen LogP contribution in [-0.4, -0.2) is 44.8 Å². The van der Waals surface area contributed by atoms with Crippen molar-refractivity contribution in [1.29, 1.82) is 0 Å². The first kappa shape index (κ1) is 22.7. The third-order valence-electron chi connectivity index (χ3n) is 6.77. The van der Waals surface area contributed by atoms with Gasteiger partial charge < -0.3 is 24.9 Å². The number of anilines is 1. The van der Waals surface area contributed by atoms with Gasteiger partial charge in [0.1, 0.15) is 17.6 Å². The van der Waals surface area contributed by atoms with Crippen LogP contribution in [0.25, 0.3) is 21.9 Å². The Morgan fingerprint density at radius 1 is 1.14 bits per heavy atom. The third-order valence-corrected chi connectivity index (χ3v) is 6.77. The van der Waals surface area contributed by atoms with Crippen molar-refractivity contribution in [2.24, 2.45) is 0 Å². The average molecular weight is 499 g/mol. The van der Waals surface area contributed by atoms with Crippen LogP contribution in [0.15, 0.2) is 65.5 Å². The lowest BCUT2D eigenvalue weighted by Gasteiger charge is -2.34. The molecule has 1 aliphatic rings. The Hall–Kier alpha value is -4.73. The highest BCUT2D eigenvalue weighted by Gasteiger charge is 2.37. The second-order valence-corrected chi connectivity index (χ2v) is 8.91. The summed E-state index contributed by atoms with van der Waals surface area (Å²) >= 11 is 0. The molecule has 6 rings (SSSR count). The highest BCUT2D eigenvalue weighted by atomic mass is 19.1. The number of hydrogen-bond acceptors (Lipinski definition) is 6. The normalized spacial score (nSPS) is 15.1. The van der Waals surface area contributed by atoms with Crippen LogP contribution in [-0.2, 0) is 24.3 Å². The van der Waals surface area contributed by atoms with Crippen LogP contribution in [0.1, 0.15) is 27.4 Å². The molecular weight excluding hydrogens is 475 g/mol. The highest BCUT2D eigenvalue weighted by Crippen LogP contribution is 2.32. The molecule has 5 aromatic rings. The van der Waals surface area contributed by atoms with Crippen LogP contribution >= 0.6 is 0 Å². The number of amides is 2. The van der Waals surface area contributed by atoms with Crippen molar-refractivity contribution in [2.45, 2.75) is 25.6 Å². The van der Waals surface area contributed by atoms with Gasteiger partial charge in [-0.2, -0.15) is 0 Å². The van der Waals surface area contributed by atoms with E-state index in [1.54, 1.807) is 24.5 Å². The molecule has 4 heterocycles. The molecule has 0 bridgehead atoms. The minimum absolute atomic E-state index is 0.184. The van der Waals surface area contributed by atoms with Gasteiger partial charge in [0.15, 0.2) is 0 Å². The Labute approximate surface area is 210 Å². The predicted molar refractivity (Wildman–Crippen MR) is 135 cm³/mol. The van der Waals surface area contributed by atoms with Crippen LogP contribution in [0.2, 0.25) is 0 Å². The van der Waals surface area contributed by atoms with Crippen molar-refractivity contribution in [1.82, 2.24) is 25.2 Å². The van der Waals surface area contributed by atoms with E-state index in [9.17, 15) is 14.0 Å². The van der Waals surface area contributed by atoms with Crippen molar-refractivity contribution < 1.29 is 18.4 Å². The largest absolute Gasteiger partial charge is 0.467 e. The number of likely N-dealkylation sites (N-methyl/N-ethyl adjacent to an activating group) is 1. The molecule has 9 nitrogen and oxygen atoms in total. The van der Waals surface area contributed by atoms with E-state index < -0.39 is 6.04 Å². The Morgan fingerprint density at radius 3 is 2.81 bits per heavy atom.